The minimum Gasteiger partial charge on any atom is -0.508 e. The van der Waals surface area contributed by atoms with E-state index >= 15 is 0 Å². The van der Waals surface area contributed by atoms with Gasteiger partial charge in [-0.2, -0.15) is 0 Å². The Morgan fingerprint density at radius 3 is 1.69 bits per heavy atom. The van der Waals surface area contributed by atoms with Gasteiger partial charge in [-0.15, -0.1) is 0 Å². The van der Waals surface area contributed by atoms with Crippen LogP contribution in [0.3, 0.4) is 0 Å². The third kappa shape index (κ3) is 2.64. The zero-order chi connectivity index (χ0) is 11.4. The molecule has 0 fully saturated rings. The Morgan fingerprint density at radius 2 is 1.19 bits per heavy atom. The number of hydrogen-bond acceptors (Lipinski definition) is 2. The zero-order valence-corrected chi connectivity index (χ0v) is 8.80. The first-order valence-corrected chi connectivity index (χ1v) is 5.07. The Bertz CT molecular complexity index is 436. The van der Waals surface area contributed by atoms with Crippen LogP contribution in [-0.2, 0) is 0 Å². The summed E-state index contributed by atoms with van der Waals surface area (Å²) in [6.45, 7) is 0. The topological polar surface area (TPSA) is 46.2 Å². The number of phenols is 1. The molecule has 2 rings (SSSR count). The third-order valence-electron chi connectivity index (χ3n) is 2.30. The summed E-state index contributed by atoms with van der Waals surface area (Å²) in [6.07, 6.45) is 4.00. The highest BCUT2D eigenvalue weighted by atomic mass is 16.3. The lowest BCUT2D eigenvalue weighted by Crippen LogP contribution is -1.82. The monoisotopic (exact) mass is 211 g/mol. The Morgan fingerprint density at radius 1 is 0.750 bits per heavy atom. The van der Waals surface area contributed by atoms with Gasteiger partial charge in [-0.05, 0) is 35.4 Å². The van der Waals surface area contributed by atoms with Crippen LogP contribution in [0.5, 0.6) is 5.75 Å². The summed E-state index contributed by atoms with van der Waals surface area (Å²) in [5, 5.41) is 9.13. The molecule has 3 N–H and O–H groups in total. The van der Waals surface area contributed by atoms with Crippen LogP contribution < -0.4 is 5.73 Å². The summed E-state index contributed by atoms with van der Waals surface area (Å²) in [5.41, 5.74) is 8.51. The highest BCUT2D eigenvalue weighted by Crippen LogP contribution is 2.13. The molecule has 0 amide bonds. The van der Waals surface area contributed by atoms with E-state index in [0.717, 1.165) is 16.8 Å². The lowest BCUT2D eigenvalue weighted by molar-refractivity contribution is 0.475. The molecule has 2 aromatic rings. The van der Waals surface area contributed by atoms with Crippen molar-refractivity contribution in [1.82, 2.24) is 0 Å². The fraction of sp³-hybridized carbons (Fsp3) is 0. The molecule has 0 aliphatic heterocycles. The summed E-state index contributed by atoms with van der Waals surface area (Å²) in [7, 11) is 0. The van der Waals surface area contributed by atoms with Gasteiger partial charge in [-0.25, -0.2) is 0 Å². The van der Waals surface area contributed by atoms with Crippen LogP contribution in [-0.4, -0.2) is 5.11 Å². The molecule has 0 spiro atoms. The Hall–Kier alpha value is -2.22. The summed E-state index contributed by atoms with van der Waals surface area (Å²) in [5.74, 6) is 0.282. The number of nitrogen functional groups attached to an aromatic ring is 1. The average molecular weight is 211 g/mol. The second-order valence-corrected chi connectivity index (χ2v) is 3.59. The number of aromatic hydroxyl groups is 1. The fourth-order valence-corrected chi connectivity index (χ4v) is 1.39. The van der Waals surface area contributed by atoms with Gasteiger partial charge < -0.3 is 10.8 Å². The number of hydrogen-bond donors (Lipinski definition) is 2. The molecule has 0 aliphatic rings. The van der Waals surface area contributed by atoms with E-state index < -0.39 is 0 Å². The first kappa shape index (κ1) is 10.3. The highest BCUT2D eigenvalue weighted by molar-refractivity contribution is 5.70. The van der Waals surface area contributed by atoms with E-state index in [2.05, 4.69) is 0 Å². The van der Waals surface area contributed by atoms with Crippen LogP contribution in [0, 0.1) is 0 Å². The molecule has 0 aliphatic carbocycles. The van der Waals surface area contributed by atoms with Crippen molar-refractivity contribution in [3.05, 3.63) is 59.7 Å². The molecular weight excluding hydrogens is 198 g/mol. The molecule has 0 heterocycles. The van der Waals surface area contributed by atoms with E-state index in [1.807, 2.05) is 48.6 Å². The second-order valence-electron chi connectivity index (χ2n) is 3.59. The lowest BCUT2D eigenvalue weighted by Gasteiger charge is -1.96. The summed E-state index contributed by atoms with van der Waals surface area (Å²) >= 11 is 0. The van der Waals surface area contributed by atoms with Crippen molar-refractivity contribution in [3.63, 3.8) is 0 Å². The largest absolute Gasteiger partial charge is 0.508 e. The number of phenolic OH excluding ortho intramolecular Hbond substituents is 1. The lowest BCUT2D eigenvalue weighted by atomic mass is 10.1. The molecule has 16 heavy (non-hydrogen) atoms. The molecule has 0 atom stereocenters. The van der Waals surface area contributed by atoms with Crippen LogP contribution in [0.4, 0.5) is 5.69 Å². The first-order chi connectivity index (χ1) is 7.74. The Labute approximate surface area is 94.7 Å². The van der Waals surface area contributed by atoms with E-state index in [0.29, 0.717) is 0 Å². The molecule has 0 saturated carbocycles. The SMILES string of the molecule is Nc1ccc(/C=C\c2ccc(O)cc2)cc1. The van der Waals surface area contributed by atoms with Crippen LogP contribution in [0.25, 0.3) is 12.2 Å². The van der Waals surface area contributed by atoms with Gasteiger partial charge in [0.2, 0.25) is 0 Å². The fourth-order valence-electron chi connectivity index (χ4n) is 1.39. The van der Waals surface area contributed by atoms with Gasteiger partial charge in [0.15, 0.2) is 0 Å². The van der Waals surface area contributed by atoms with Crippen molar-refractivity contribution in [2.45, 2.75) is 0 Å². The quantitative estimate of drug-likeness (QED) is 0.592. The second kappa shape index (κ2) is 4.53. The molecule has 2 aromatic carbocycles. The highest BCUT2D eigenvalue weighted by Gasteiger charge is 1.89. The van der Waals surface area contributed by atoms with Gasteiger partial charge in [-0.1, -0.05) is 36.4 Å². The van der Waals surface area contributed by atoms with Crippen molar-refractivity contribution in [1.29, 1.82) is 0 Å². The van der Waals surface area contributed by atoms with Crippen molar-refractivity contribution >= 4 is 17.8 Å². The first-order valence-electron chi connectivity index (χ1n) is 5.07. The van der Waals surface area contributed by atoms with Gasteiger partial charge in [0.25, 0.3) is 0 Å². The molecule has 0 unspecified atom stereocenters. The molecule has 0 saturated heterocycles. The van der Waals surface area contributed by atoms with E-state index in [-0.39, 0.29) is 5.75 Å². The molecule has 0 bridgehead atoms. The van der Waals surface area contributed by atoms with Gasteiger partial charge >= 0.3 is 0 Å². The summed E-state index contributed by atoms with van der Waals surface area (Å²) < 4.78 is 0. The summed E-state index contributed by atoms with van der Waals surface area (Å²) in [4.78, 5) is 0. The number of nitrogens with two attached hydrogens (primary N) is 1. The maximum atomic E-state index is 9.13. The van der Waals surface area contributed by atoms with Crippen LogP contribution in [0.15, 0.2) is 48.5 Å². The molecular formula is C14H13NO. The number of anilines is 1. The van der Waals surface area contributed by atoms with Gasteiger partial charge in [0.1, 0.15) is 5.75 Å². The minimum absolute atomic E-state index is 0.282. The maximum absolute atomic E-state index is 9.13. The van der Waals surface area contributed by atoms with Crippen LogP contribution in [0.1, 0.15) is 11.1 Å². The molecule has 0 radical (unpaired) electrons. The third-order valence-corrected chi connectivity index (χ3v) is 2.30. The van der Waals surface area contributed by atoms with Crippen LogP contribution >= 0.6 is 0 Å². The van der Waals surface area contributed by atoms with Crippen molar-refractivity contribution < 1.29 is 5.11 Å². The van der Waals surface area contributed by atoms with E-state index in [9.17, 15) is 0 Å². The smallest absolute Gasteiger partial charge is 0.115 e. The maximum Gasteiger partial charge on any atom is 0.115 e. The predicted octanol–water partition coefficient (Wildman–Crippen LogP) is 3.14. The number of rotatable bonds is 2. The van der Waals surface area contributed by atoms with Crippen molar-refractivity contribution in [2.75, 3.05) is 5.73 Å². The van der Waals surface area contributed by atoms with E-state index in [1.54, 1.807) is 12.1 Å². The molecule has 2 nitrogen and oxygen atoms in total. The molecule has 0 aromatic heterocycles. The predicted molar refractivity (Wildman–Crippen MR) is 67.9 cm³/mol. The standard InChI is InChI=1S/C14H13NO/c15-13-7-3-11(4-8-13)1-2-12-5-9-14(16)10-6-12/h1-10,16H,15H2/b2-1-. The molecule has 2 heteroatoms. The average Bonchev–Trinajstić information content (AvgIpc) is 2.30. The van der Waals surface area contributed by atoms with Crippen molar-refractivity contribution in [3.8, 4) is 5.75 Å². The molecule has 80 valence electrons. The van der Waals surface area contributed by atoms with E-state index in [1.165, 1.54) is 0 Å². The number of benzene rings is 2. The van der Waals surface area contributed by atoms with Gasteiger partial charge in [0.05, 0.1) is 0 Å². The van der Waals surface area contributed by atoms with E-state index in [4.69, 9.17) is 10.8 Å². The summed E-state index contributed by atoms with van der Waals surface area (Å²) in [6, 6.07) is 14.7. The minimum atomic E-state index is 0.282. The Balaban J connectivity index is 2.15. The van der Waals surface area contributed by atoms with Gasteiger partial charge in [0, 0.05) is 5.69 Å². The zero-order valence-electron chi connectivity index (χ0n) is 8.80. The van der Waals surface area contributed by atoms with Crippen LogP contribution in [0.2, 0.25) is 0 Å². The normalized spacial score (nSPS) is 10.8. The Kier molecular flexibility index (Phi) is 2.92. The van der Waals surface area contributed by atoms with Crippen molar-refractivity contribution in [2.24, 2.45) is 0 Å². The van der Waals surface area contributed by atoms with Gasteiger partial charge in [-0.3, -0.25) is 0 Å².